The van der Waals surface area contributed by atoms with E-state index in [0.717, 1.165) is 50.0 Å². The van der Waals surface area contributed by atoms with E-state index in [0.29, 0.717) is 18.9 Å². The van der Waals surface area contributed by atoms with E-state index in [-0.39, 0.29) is 18.0 Å². The van der Waals surface area contributed by atoms with Crippen molar-refractivity contribution >= 4 is 17.6 Å². The molecule has 25 heavy (non-hydrogen) atoms. The first-order valence-electron chi connectivity index (χ1n) is 9.50. The molecule has 3 rings (SSSR count). The summed E-state index contributed by atoms with van der Waals surface area (Å²) in [5.74, 6) is 0.590. The number of hydrogen-bond donors (Lipinski definition) is 1. The summed E-state index contributed by atoms with van der Waals surface area (Å²) in [5, 5.41) is 3.11. The number of anilines is 1. The predicted octanol–water partition coefficient (Wildman–Crippen LogP) is 3.82. The molecule has 0 radical (unpaired) electrons. The normalized spacial score (nSPS) is 21.1. The number of benzene rings is 1. The molecule has 2 saturated heterocycles. The van der Waals surface area contributed by atoms with E-state index in [1.54, 1.807) is 0 Å². The van der Waals surface area contributed by atoms with Crippen molar-refractivity contribution in [3.63, 3.8) is 0 Å². The molecule has 2 heterocycles. The van der Waals surface area contributed by atoms with Gasteiger partial charge in [0.15, 0.2) is 0 Å². The van der Waals surface area contributed by atoms with Crippen LogP contribution < -0.4 is 5.32 Å². The summed E-state index contributed by atoms with van der Waals surface area (Å²) in [6.45, 7) is 6.54. The standard InChI is InChI=1S/C20H29N3O2/c1-15(2)17-9-3-4-10-18(17)21-20(25)23-13-6-5-8-16(23)14-22-12-7-11-19(22)24/h3-4,9-10,15-16H,5-8,11-14H2,1-2H3,(H,21,25)/t16-/m1/s1. The van der Waals surface area contributed by atoms with Crippen molar-refractivity contribution in [1.82, 2.24) is 9.80 Å². The van der Waals surface area contributed by atoms with Crippen LogP contribution in [0.25, 0.3) is 0 Å². The smallest absolute Gasteiger partial charge is 0.322 e. The Balaban J connectivity index is 1.69. The molecule has 5 heteroatoms. The Bertz CT molecular complexity index is 629. The number of piperidine rings is 1. The van der Waals surface area contributed by atoms with Crippen LogP contribution in [0.5, 0.6) is 0 Å². The van der Waals surface area contributed by atoms with Gasteiger partial charge in [0.1, 0.15) is 0 Å². The third-order valence-corrected chi connectivity index (χ3v) is 5.31. The number of carbonyl (C=O) groups is 2. The maximum absolute atomic E-state index is 12.9. The molecule has 1 aromatic rings. The molecule has 1 atom stereocenters. The second-order valence-electron chi connectivity index (χ2n) is 7.46. The van der Waals surface area contributed by atoms with Crippen LogP contribution in [0.2, 0.25) is 0 Å². The lowest BCUT2D eigenvalue weighted by Crippen LogP contribution is -2.51. The van der Waals surface area contributed by atoms with Crippen molar-refractivity contribution in [2.24, 2.45) is 0 Å². The van der Waals surface area contributed by atoms with Crippen molar-refractivity contribution in [2.75, 3.05) is 25.0 Å². The van der Waals surface area contributed by atoms with E-state index in [1.807, 2.05) is 28.0 Å². The molecule has 0 aromatic heterocycles. The van der Waals surface area contributed by atoms with Gasteiger partial charge in [0.2, 0.25) is 5.91 Å². The zero-order valence-corrected chi connectivity index (χ0v) is 15.3. The summed E-state index contributed by atoms with van der Waals surface area (Å²) < 4.78 is 0. The first-order valence-corrected chi connectivity index (χ1v) is 9.50. The number of amides is 3. The molecule has 0 unspecified atom stereocenters. The van der Waals surface area contributed by atoms with Gasteiger partial charge in [-0.15, -0.1) is 0 Å². The molecule has 5 nitrogen and oxygen atoms in total. The highest BCUT2D eigenvalue weighted by Crippen LogP contribution is 2.26. The number of hydrogen-bond acceptors (Lipinski definition) is 2. The summed E-state index contributed by atoms with van der Waals surface area (Å²) >= 11 is 0. The fraction of sp³-hybridized carbons (Fsp3) is 0.600. The van der Waals surface area contributed by atoms with Crippen molar-refractivity contribution in [2.45, 2.75) is 57.9 Å². The second-order valence-corrected chi connectivity index (χ2v) is 7.46. The van der Waals surface area contributed by atoms with Crippen molar-refractivity contribution in [3.05, 3.63) is 29.8 Å². The Morgan fingerprint density at radius 1 is 1.20 bits per heavy atom. The second kappa shape index (κ2) is 7.89. The number of likely N-dealkylation sites (tertiary alicyclic amines) is 2. The number of carbonyl (C=O) groups excluding carboxylic acids is 2. The van der Waals surface area contributed by atoms with Crippen molar-refractivity contribution < 1.29 is 9.59 Å². The van der Waals surface area contributed by atoms with Gasteiger partial charge in [0.25, 0.3) is 0 Å². The lowest BCUT2D eigenvalue weighted by molar-refractivity contribution is -0.128. The van der Waals surface area contributed by atoms with Crippen LogP contribution >= 0.6 is 0 Å². The van der Waals surface area contributed by atoms with Gasteiger partial charge in [-0.05, 0) is 43.2 Å². The molecule has 0 bridgehead atoms. The third kappa shape index (κ3) is 4.14. The number of para-hydroxylation sites is 1. The topological polar surface area (TPSA) is 52.7 Å². The summed E-state index contributed by atoms with van der Waals surface area (Å²) in [6.07, 6.45) is 4.73. The van der Waals surface area contributed by atoms with Crippen LogP contribution in [-0.2, 0) is 4.79 Å². The lowest BCUT2D eigenvalue weighted by Gasteiger charge is -2.38. The minimum atomic E-state index is -0.0376. The van der Waals surface area contributed by atoms with Gasteiger partial charge < -0.3 is 15.1 Å². The lowest BCUT2D eigenvalue weighted by atomic mass is 10.0. The zero-order chi connectivity index (χ0) is 17.8. The molecule has 1 N–H and O–H groups in total. The quantitative estimate of drug-likeness (QED) is 0.903. The van der Waals surface area contributed by atoms with Gasteiger partial charge >= 0.3 is 6.03 Å². The highest BCUT2D eigenvalue weighted by atomic mass is 16.2. The molecule has 1 aromatic carbocycles. The van der Waals surface area contributed by atoms with Crippen LogP contribution in [0.15, 0.2) is 24.3 Å². The van der Waals surface area contributed by atoms with E-state index in [9.17, 15) is 9.59 Å². The van der Waals surface area contributed by atoms with Crippen LogP contribution in [0, 0.1) is 0 Å². The van der Waals surface area contributed by atoms with E-state index in [2.05, 4.69) is 25.2 Å². The minimum absolute atomic E-state index is 0.0376. The fourth-order valence-corrected chi connectivity index (χ4v) is 3.91. The van der Waals surface area contributed by atoms with Gasteiger partial charge in [-0.3, -0.25) is 4.79 Å². The Morgan fingerprint density at radius 2 is 2.00 bits per heavy atom. The number of rotatable bonds is 4. The average molecular weight is 343 g/mol. The van der Waals surface area contributed by atoms with Gasteiger partial charge in [-0.1, -0.05) is 32.0 Å². The van der Waals surface area contributed by atoms with Crippen LogP contribution in [0.1, 0.15) is 57.4 Å². The minimum Gasteiger partial charge on any atom is -0.341 e. The third-order valence-electron chi connectivity index (χ3n) is 5.31. The first kappa shape index (κ1) is 17.8. The van der Waals surface area contributed by atoms with Crippen molar-refractivity contribution in [1.29, 1.82) is 0 Å². The van der Waals surface area contributed by atoms with Gasteiger partial charge in [0, 0.05) is 31.7 Å². The molecule has 2 fully saturated rings. The van der Waals surface area contributed by atoms with Gasteiger partial charge in [-0.25, -0.2) is 4.79 Å². The monoisotopic (exact) mass is 343 g/mol. The van der Waals surface area contributed by atoms with E-state index < -0.39 is 0 Å². The first-order chi connectivity index (χ1) is 12.1. The van der Waals surface area contributed by atoms with Gasteiger partial charge in [0.05, 0.1) is 6.04 Å². The Hall–Kier alpha value is -2.04. The van der Waals surface area contributed by atoms with Crippen LogP contribution in [0.3, 0.4) is 0 Å². The Kier molecular flexibility index (Phi) is 5.61. The van der Waals surface area contributed by atoms with E-state index in [1.165, 1.54) is 0 Å². The Labute approximate surface area is 150 Å². The van der Waals surface area contributed by atoms with Crippen molar-refractivity contribution in [3.8, 4) is 0 Å². The van der Waals surface area contributed by atoms with Crippen LogP contribution in [-0.4, -0.2) is 47.4 Å². The molecule has 3 amide bonds. The number of urea groups is 1. The predicted molar refractivity (Wildman–Crippen MR) is 99.7 cm³/mol. The largest absolute Gasteiger partial charge is 0.341 e. The summed E-state index contributed by atoms with van der Waals surface area (Å²) in [6, 6.07) is 8.09. The maximum atomic E-state index is 12.9. The molecule has 0 aliphatic carbocycles. The summed E-state index contributed by atoms with van der Waals surface area (Å²) in [5.41, 5.74) is 2.04. The molecular weight excluding hydrogens is 314 g/mol. The zero-order valence-electron chi connectivity index (χ0n) is 15.3. The average Bonchev–Trinajstić information content (AvgIpc) is 3.00. The SMILES string of the molecule is CC(C)c1ccccc1NC(=O)N1CCCC[C@@H]1CN1CCCC1=O. The fourth-order valence-electron chi connectivity index (χ4n) is 3.91. The molecule has 2 aliphatic heterocycles. The molecular formula is C20H29N3O2. The molecule has 2 aliphatic rings. The van der Waals surface area contributed by atoms with E-state index in [4.69, 9.17) is 0 Å². The molecule has 0 spiro atoms. The van der Waals surface area contributed by atoms with E-state index >= 15 is 0 Å². The Morgan fingerprint density at radius 3 is 2.72 bits per heavy atom. The van der Waals surface area contributed by atoms with Crippen LogP contribution in [0.4, 0.5) is 10.5 Å². The van der Waals surface area contributed by atoms with Gasteiger partial charge in [-0.2, -0.15) is 0 Å². The summed E-state index contributed by atoms with van der Waals surface area (Å²) in [4.78, 5) is 28.7. The maximum Gasteiger partial charge on any atom is 0.322 e. The highest BCUT2D eigenvalue weighted by molar-refractivity contribution is 5.90. The summed E-state index contributed by atoms with van der Waals surface area (Å²) in [7, 11) is 0. The number of nitrogens with one attached hydrogen (secondary N) is 1. The number of nitrogens with zero attached hydrogens (tertiary/aromatic N) is 2. The molecule has 136 valence electrons. The highest BCUT2D eigenvalue weighted by Gasteiger charge is 2.31. The molecule has 0 saturated carbocycles.